The molecule has 1 heteroatoms. The molecule has 1 aliphatic rings. The van der Waals surface area contributed by atoms with E-state index in [-0.39, 0.29) is 0 Å². The van der Waals surface area contributed by atoms with Crippen molar-refractivity contribution in [3.63, 3.8) is 0 Å². The second-order valence-corrected chi connectivity index (χ2v) is 6.71. The average Bonchev–Trinajstić information content (AvgIpc) is 2.43. The Labute approximate surface area is 125 Å². The van der Waals surface area contributed by atoms with Gasteiger partial charge in [-0.3, -0.25) is 0 Å². The van der Waals surface area contributed by atoms with Crippen molar-refractivity contribution >= 4 is 0 Å². The fraction of sp³-hybridized carbons (Fsp3) is 0.684. The van der Waals surface area contributed by atoms with Crippen molar-refractivity contribution in [1.82, 2.24) is 5.32 Å². The van der Waals surface area contributed by atoms with E-state index in [2.05, 4.69) is 51.3 Å². The second kappa shape index (κ2) is 7.26. The van der Waals surface area contributed by atoms with Gasteiger partial charge in [-0.1, -0.05) is 61.9 Å². The zero-order valence-corrected chi connectivity index (χ0v) is 13.7. The van der Waals surface area contributed by atoms with Gasteiger partial charge in [0.15, 0.2) is 0 Å². The number of benzene rings is 1. The summed E-state index contributed by atoms with van der Waals surface area (Å²) in [5.41, 5.74) is 4.29. The average molecular weight is 273 g/mol. The SMILES string of the molecule is CCC1CCCCC1C(Cc1cc(C)cc(C)c1)NC. The topological polar surface area (TPSA) is 12.0 Å². The Bertz CT molecular complexity index is 404. The molecule has 1 nitrogen and oxygen atoms in total. The van der Waals surface area contributed by atoms with E-state index in [1.165, 1.54) is 55.2 Å². The minimum atomic E-state index is 0.640. The largest absolute Gasteiger partial charge is 0.316 e. The van der Waals surface area contributed by atoms with E-state index in [1.807, 2.05) is 0 Å². The number of hydrogen-bond donors (Lipinski definition) is 1. The Morgan fingerprint density at radius 2 is 1.75 bits per heavy atom. The highest BCUT2D eigenvalue weighted by Crippen LogP contribution is 2.35. The van der Waals surface area contributed by atoms with Gasteiger partial charge in [0, 0.05) is 6.04 Å². The summed E-state index contributed by atoms with van der Waals surface area (Å²) in [5.74, 6) is 1.78. The Morgan fingerprint density at radius 3 is 2.35 bits per heavy atom. The van der Waals surface area contributed by atoms with Gasteiger partial charge in [0.2, 0.25) is 0 Å². The summed E-state index contributed by atoms with van der Waals surface area (Å²) in [6.45, 7) is 6.78. The van der Waals surface area contributed by atoms with Crippen molar-refractivity contribution in [2.45, 2.75) is 65.3 Å². The van der Waals surface area contributed by atoms with Gasteiger partial charge in [0.1, 0.15) is 0 Å². The number of hydrogen-bond acceptors (Lipinski definition) is 1. The first-order valence-corrected chi connectivity index (χ1v) is 8.38. The van der Waals surface area contributed by atoms with Crippen LogP contribution in [0.5, 0.6) is 0 Å². The normalized spacial score (nSPS) is 24.6. The minimum absolute atomic E-state index is 0.640. The Hall–Kier alpha value is -0.820. The van der Waals surface area contributed by atoms with Crippen molar-refractivity contribution in [3.8, 4) is 0 Å². The molecule has 1 fully saturated rings. The van der Waals surface area contributed by atoms with Crippen LogP contribution in [0.15, 0.2) is 18.2 Å². The minimum Gasteiger partial charge on any atom is -0.316 e. The molecule has 1 aromatic carbocycles. The fourth-order valence-electron chi connectivity index (χ4n) is 4.18. The van der Waals surface area contributed by atoms with Gasteiger partial charge in [-0.2, -0.15) is 0 Å². The van der Waals surface area contributed by atoms with Gasteiger partial charge in [-0.25, -0.2) is 0 Å². The quantitative estimate of drug-likeness (QED) is 0.823. The van der Waals surface area contributed by atoms with Crippen molar-refractivity contribution in [1.29, 1.82) is 0 Å². The Balaban J connectivity index is 2.11. The van der Waals surface area contributed by atoms with Crippen LogP contribution in [0.25, 0.3) is 0 Å². The first kappa shape index (κ1) is 15.6. The van der Waals surface area contributed by atoms with Gasteiger partial charge in [0.25, 0.3) is 0 Å². The summed E-state index contributed by atoms with van der Waals surface area (Å²) in [6.07, 6.45) is 8.23. The van der Waals surface area contributed by atoms with E-state index < -0.39 is 0 Å². The predicted molar refractivity (Wildman–Crippen MR) is 88.2 cm³/mol. The molecule has 0 saturated heterocycles. The van der Waals surface area contributed by atoms with E-state index >= 15 is 0 Å². The van der Waals surface area contributed by atoms with Crippen LogP contribution in [0, 0.1) is 25.7 Å². The molecular weight excluding hydrogens is 242 g/mol. The second-order valence-electron chi connectivity index (χ2n) is 6.71. The first-order valence-electron chi connectivity index (χ1n) is 8.38. The lowest BCUT2D eigenvalue weighted by Gasteiger charge is -2.37. The molecule has 1 aliphatic carbocycles. The lowest BCUT2D eigenvalue weighted by Crippen LogP contribution is -2.40. The Morgan fingerprint density at radius 1 is 1.10 bits per heavy atom. The standard InChI is InChI=1S/C19H31N/c1-5-17-8-6-7-9-18(17)19(20-4)13-16-11-14(2)10-15(3)12-16/h10-12,17-20H,5-9,13H2,1-4H3. The van der Waals surface area contributed by atoms with Gasteiger partial charge in [-0.15, -0.1) is 0 Å². The summed E-state index contributed by atoms with van der Waals surface area (Å²) in [6, 6.07) is 7.64. The van der Waals surface area contributed by atoms with E-state index in [9.17, 15) is 0 Å². The lowest BCUT2D eigenvalue weighted by molar-refractivity contribution is 0.179. The smallest absolute Gasteiger partial charge is 0.0135 e. The number of nitrogens with one attached hydrogen (secondary N) is 1. The molecule has 1 N–H and O–H groups in total. The van der Waals surface area contributed by atoms with E-state index in [1.54, 1.807) is 0 Å². The zero-order valence-electron chi connectivity index (χ0n) is 13.7. The molecule has 1 saturated carbocycles. The molecule has 112 valence electrons. The molecule has 2 rings (SSSR count). The van der Waals surface area contributed by atoms with Crippen molar-refractivity contribution in [3.05, 3.63) is 34.9 Å². The molecule has 0 bridgehead atoms. The van der Waals surface area contributed by atoms with E-state index in [0.717, 1.165) is 11.8 Å². The van der Waals surface area contributed by atoms with Crippen LogP contribution in [0.3, 0.4) is 0 Å². The molecular formula is C19H31N. The monoisotopic (exact) mass is 273 g/mol. The van der Waals surface area contributed by atoms with Crippen LogP contribution in [0.1, 0.15) is 55.7 Å². The molecule has 0 amide bonds. The maximum Gasteiger partial charge on any atom is 0.0135 e. The van der Waals surface area contributed by atoms with Gasteiger partial charge < -0.3 is 5.32 Å². The van der Waals surface area contributed by atoms with Crippen LogP contribution in [-0.2, 0) is 6.42 Å². The third-order valence-corrected chi connectivity index (χ3v) is 5.12. The highest BCUT2D eigenvalue weighted by atomic mass is 14.9. The van der Waals surface area contributed by atoms with Gasteiger partial charge in [-0.05, 0) is 51.1 Å². The summed E-state index contributed by atoms with van der Waals surface area (Å²) < 4.78 is 0. The maximum absolute atomic E-state index is 3.62. The van der Waals surface area contributed by atoms with E-state index in [4.69, 9.17) is 0 Å². The fourth-order valence-corrected chi connectivity index (χ4v) is 4.18. The molecule has 0 heterocycles. The van der Waals surface area contributed by atoms with Crippen LogP contribution < -0.4 is 5.32 Å². The van der Waals surface area contributed by atoms with Crippen molar-refractivity contribution < 1.29 is 0 Å². The van der Waals surface area contributed by atoms with Crippen molar-refractivity contribution in [2.75, 3.05) is 7.05 Å². The number of likely N-dealkylation sites (N-methyl/N-ethyl adjacent to an activating group) is 1. The maximum atomic E-state index is 3.62. The van der Waals surface area contributed by atoms with Crippen LogP contribution in [-0.4, -0.2) is 13.1 Å². The summed E-state index contributed by atoms with van der Waals surface area (Å²) >= 11 is 0. The Kier molecular flexibility index (Phi) is 5.65. The summed E-state index contributed by atoms with van der Waals surface area (Å²) in [5, 5.41) is 3.62. The van der Waals surface area contributed by atoms with Crippen LogP contribution >= 0.6 is 0 Å². The summed E-state index contributed by atoms with van der Waals surface area (Å²) in [7, 11) is 2.15. The highest BCUT2D eigenvalue weighted by Gasteiger charge is 2.29. The van der Waals surface area contributed by atoms with E-state index in [0.29, 0.717) is 6.04 Å². The molecule has 20 heavy (non-hydrogen) atoms. The molecule has 0 spiro atoms. The third-order valence-electron chi connectivity index (χ3n) is 5.12. The van der Waals surface area contributed by atoms with Gasteiger partial charge >= 0.3 is 0 Å². The molecule has 3 atom stereocenters. The van der Waals surface area contributed by atoms with Crippen molar-refractivity contribution in [2.24, 2.45) is 11.8 Å². The third kappa shape index (κ3) is 3.85. The highest BCUT2D eigenvalue weighted by molar-refractivity contribution is 5.29. The molecule has 0 radical (unpaired) electrons. The molecule has 3 unspecified atom stereocenters. The van der Waals surface area contributed by atoms with Gasteiger partial charge in [0.05, 0.1) is 0 Å². The number of rotatable bonds is 5. The van der Waals surface area contributed by atoms with Crippen LogP contribution in [0.4, 0.5) is 0 Å². The molecule has 0 aromatic heterocycles. The molecule has 1 aromatic rings. The van der Waals surface area contributed by atoms with Crippen LogP contribution in [0.2, 0.25) is 0 Å². The summed E-state index contributed by atoms with van der Waals surface area (Å²) in [4.78, 5) is 0. The molecule has 0 aliphatic heterocycles. The predicted octanol–water partition coefficient (Wildman–Crippen LogP) is 4.65. The zero-order chi connectivity index (χ0) is 14.5. The number of aryl methyl sites for hydroxylation is 2. The lowest BCUT2D eigenvalue weighted by atomic mass is 9.72. The first-order chi connectivity index (χ1) is 9.63.